The fraction of sp³-hybridized carbons (Fsp3) is 0.423. The maximum atomic E-state index is 13.7. The minimum absolute atomic E-state index is 0.132. The summed E-state index contributed by atoms with van der Waals surface area (Å²) in [4.78, 5) is 45.3. The number of rotatable bonds is 5. The van der Waals surface area contributed by atoms with E-state index in [9.17, 15) is 19.6 Å². The summed E-state index contributed by atoms with van der Waals surface area (Å²) >= 11 is 1.03. The molecule has 0 saturated carbocycles. The molecule has 1 fully saturated rings. The molecule has 1 saturated heterocycles. The molecule has 0 radical (unpaired) electrons. The van der Waals surface area contributed by atoms with Crippen LogP contribution >= 0.6 is 11.3 Å². The second-order valence-corrected chi connectivity index (χ2v) is 10.9. The number of fused-ring (bicyclic) bond motifs is 1. The third kappa shape index (κ3) is 5.91. The molecule has 1 atom stereocenters. The van der Waals surface area contributed by atoms with E-state index in [1.807, 2.05) is 11.0 Å². The van der Waals surface area contributed by atoms with Crippen LogP contribution in [0.5, 0.6) is 0 Å². The molecule has 0 aliphatic carbocycles. The second kappa shape index (κ2) is 10.6. The van der Waals surface area contributed by atoms with Gasteiger partial charge >= 0.3 is 12.1 Å². The molecule has 11 heteroatoms. The van der Waals surface area contributed by atoms with Crippen molar-refractivity contribution >= 4 is 39.6 Å². The first kappa shape index (κ1) is 26.2. The number of anilines is 1. The predicted octanol–water partition coefficient (Wildman–Crippen LogP) is 3.66. The van der Waals surface area contributed by atoms with Crippen molar-refractivity contribution in [2.75, 3.05) is 25.1 Å². The molecule has 4 rings (SSSR count). The van der Waals surface area contributed by atoms with Crippen LogP contribution in [-0.4, -0.2) is 53.5 Å². The summed E-state index contributed by atoms with van der Waals surface area (Å²) in [5, 5.41) is 12.5. The van der Waals surface area contributed by atoms with Crippen LogP contribution < -0.4 is 15.8 Å². The van der Waals surface area contributed by atoms with E-state index >= 15 is 0 Å². The number of thiophene rings is 1. The number of esters is 1. The number of nitrogens with zero attached hydrogens (tertiary/aromatic N) is 4. The molecule has 3 heterocycles. The average Bonchev–Trinajstić information content (AvgIpc) is 3.29. The van der Waals surface area contributed by atoms with Crippen molar-refractivity contribution in [1.29, 1.82) is 5.26 Å². The highest BCUT2D eigenvalue weighted by molar-refractivity contribution is 7.20. The lowest BCUT2D eigenvalue weighted by Crippen LogP contribution is -2.50. The molecule has 0 spiro atoms. The van der Waals surface area contributed by atoms with E-state index in [1.54, 1.807) is 45.0 Å². The number of hydrogen-bond acceptors (Lipinski definition) is 9. The van der Waals surface area contributed by atoms with E-state index in [4.69, 9.17) is 14.5 Å². The lowest BCUT2D eigenvalue weighted by molar-refractivity contribution is 0.0498. The Balaban J connectivity index is 1.74. The van der Waals surface area contributed by atoms with Gasteiger partial charge in [0.2, 0.25) is 5.95 Å². The number of nitrogens with one attached hydrogen (secondary N) is 1. The van der Waals surface area contributed by atoms with Crippen LogP contribution in [0.2, 0.25) is 0 Å². The van der Waals surface area contributed by atoms with Crippen molar-refractivity contribution in [3.05, 3.63) is 56.7 Å². The Morgan fingerprint density at radius 1 is 1.30 bits per heavy atom. The van der Waals surface area contributed by atoms with Crippen molar-refractivity contribution in [2.24, 2.45) is 0 Å². The molecule has 0 unspecified atom stereocenters. The van der Waals surface area contributed by atoms with E-state index < -0.39 is 17.7 Å². The fourth-order valence-corrected chi connectivity index (χ4v) is 5.24. The van der Waals surface area contributed by atoms with Crippen LogP contribution in [0.4, 0.5) is 10.7 Å². The molecule has 37 heavy (non-hydrogen) atoms. The van der Waals surface area contributed by atoms with Gasteiger partial charge in [0.05, 0.1) is 30.8 Å². The van der Waals surface area contributed by atoms with Gasteiger partial charge in [-0.25, -0.2) is 14.6 Å². The molecular formula is C26H29N5O5S. The zero-order valence-electron chi connectivity index (χ0n) is 21.2. The first-order valence-electron chi connectivity index (χ1n) is 11.9. The summed E-state index contributed by atoms with van der Waals surface area (Å²) in [6, 6.07) is 10.6. The van der Waals surface area contributed by atoms with Crippen molar-refractivity contribution in [3.63, 3.8) is 0 Å². The van der Waals surface area contributed by atoms with E-state index in [1.165, 1.54) is 11.7 Å². The third-order valence-corrected chi connectivity index (χ3v) is 6.98. The molecular weight excluding hydrogens is 494 g/mol. The molecule has 0 bridgehead atoms. The SMILES string of the molecule is COC(=O)c1cc2nc(N3CCC[C@@H](NC(=O)OC(C)(C)C)C3)n(Cc3ccccc3C#N)c(=O)c2s1. The number of amides is 1. The average molecular weight is 524 g/mol. The second-order valence-electron chi connectivity index (χ2n) is 9.82. The molecule has 3 aromatic rings. The van der Waals surface area contributed by atoms with E-state index in [0.29, 0.717) is 40.4 Å². The van der Waals surface area contributed by atoms with Gasteiger partial charge < -0.3 is 19.7 Å². The van der Waals surface area contributed by atoms with Crippen molar-refractivity contribution < 1.29 is 19.1 Å². The number of benzene rings is 1. The fourth-order valence-electron chi connectivity index (χ4n) is 4.27. The first-order valence-corrected chi connectivity index (χ1v) is 12.8. The zero-order chi connectivity index (χ0) is 26.7. The number of aromatic nitrogens is 2. The van der Waals surface area contributed by atoms with Crippen molar-refractivity contribution in [2.45, 2.75) is 51.8 Å². The van der Waals surface area contributed by atoms with Crippen LogP contribution in [0.15, 0.2) is 35.1 Å². The number of piperidine rings is 1. The number of nitriles is 1. The molecule has 1 amide bonds. The Morgan fingerprint density at radius 3 is 2.76 bits per heavy atom. The maximum Gasteiger partial charge on any atom is 0.407 e. The highest BCUT2D eigenvalue weighted by Gasteiger charge is 2.28. The maximum absolute atomic E-state index is 13.7. The van der Waals surface area contributed by atoms with Crippen LogP contribution in [0.3, 0.4) is 0 Å². The van der Waals surface area contributed by atoms with E-state index in [2.05, 4.69) is 11.4 Å². The summed E-state index contributed by atoms with van der Waals surface area (Å²) in [6.45, 7) is 6.59. The largest absolute Gasteiger partial charge is 0.465 e. The predicted molar refractivity (Wildman–Crippen MR) is 140 cm³/mol. The van der Waals surface area contributed by atoms with Gasteiger partial charge in [0.25, 0.3) is 5.56 Å². The third-order valence-electron chi connectivity index (χ3n) is 5.89. The number of carbonyl (C=O) groups is 2. The quantitative estimate of drug-likeness (QED) is 0.502. The molecule has 194 valence electrons. The summed E-state index contributed by atoms with van der Waals surface area (Å²) in [5.41, 5.74) is 0.618. The van der Waals surface area contributed by atoms with Crippen LogP contribution in [0, 0.1) is 11.3 Å². The van der Waals surface area contributed by atoms with Gasteiger partial charge in [-0.05, 0) is 51.3 Å². The highest BCUT2D eigenvalue weighted by Crippen LogP contribution is 2.27. The zero-order valence-corrected chi connectivity index (χ0v) is 22.1. The summed E-state index contributed by atoms with van der Waals surface area (Å²) in [5.74, 6) is -0.125. The molecule has 1 aromatic carbocycles. The van der Waals surface area contributed by atoms with Gasteiger partial charge in [-0.2, -0.15) is 5.26 Å². The number of ether oxygens (including phenoxy) is 2. The normalized spacial score (nSPS) is 15.8. The molecule has 1 aliphatic heterocycles. The number of hydrogen-bond donors (Lipinski definition) is 1. The number of methoxy groups -OCH3 is 1. The molecule has 10 nitrogen and oxygen atoms in total. The van der Waals surface area contributed by atoms with Gasteiger partial charge in [-0.3, -0.25) is 9.36 Å². The summed E-state index contributed by atoms with van der Waals surface area (Å²) < 4.78 is 12.1. The van der Waals surface area contributed by atoms with Gasteiger partial charge in [0.1, 0.15) is 15.2 Å². The minimum Gasteiger partial charge on any atom is -0.465 e. The Hall–Kier alpha value is -3.91. The molecule has 1 aliphatic rings. The standard InChI is InChI=1S/C26H29N5O5S/c1-26(2,3)36-25(34)28-18-10-7-11-30(15-18)24-29-19-12-20(23(33)35-4)37-21(19)22(32)31(24)14-17-9-6-5-8-16(17)13-27/h5-6,8-9,12,18H,7,10-11,14-15H2,1-4H3,(H,28,34)/t18-/m1/s1. The van der Waals surface area contributed by atoms with Crippen molar-refractivity contribution in [3.8, 4) is 6.07 Å². The van der Waals surface area contributed by atoms with Gasteiger partial charge in [-0.15, -0.1) is 11.3 Å². The van der Waals surface area contributed by atoms with Crippen LogP contribution in [0.25, 0.3) is 10.2 Å². The first-order chi connectivity index (χ1) is 17.6. The highest BCUT2D eigenvalue weighted by atomic mass is 32.1. The van der Waals surface area contributed by atoms with E-state index in [0.717, 1.165) is 24.2 Å². The molecule has 1 N–H and O–H groups in total. The lowest BCUT2D eigenvalue weighted by Gasteiger charge is -2.35. The van der Waals surface area contributed by atoms with E-state index in [-0.39, 0.29) is 23.0 Å². The van der Waals surface area contributed by atoms with Gasteiger partial charge in [0, 0.05) is 19.1 Å². The Labute approximate surface area is 218 Å². The monoisotopic (exact) mass is 523 g/mol. The number of carbonyl (C=O) groups excluding carboxylic acids is 2. The Bertz CT molecular complexity index is 1430. The smallest absolute Gasteiger partial charge is 0.407 e. The number of alkyl carbamates (subject to hydrolysis) is 1. The summed E-state index contributed by atoms with van der Waals surface area (Å²) in [7, 11) is 1.29. The molecule has 2 aromatic heterocycles. The van der Waals surface area contributed by atoms with Gasteiger partial charge in [-0.1, -0.05) is 18.2 Å². The van der Waals surface area contributed by atoms with Gasteiger partial charge in [0.15, 0.2) is 0 Å². The van der Waals surface area contributed by atoms with Crippen molar-refractivity contribution in [1.82, 2.24) is 14.9 Å². The topological polar surface area (TPSA) is 127 Å². The van der Waals surface area contributed by atoms with Crippen LogP contribution in [-0.2, 0) is 16.0 Å². The summed E-state index contributed by atoms with van der Waals surface area (Å²) in [6.07, 6.45) is 1.02. The Kier molecular flexibility index (Phi) is 7.50. The minimum atomic E-state index is -0.615. The van der Waals surface area contributed by atoms with Crippen LogP contribution in [0.1, 0.15) is 54.4 Å². The lowest BCUT2D eigenvalue weighted by atomic mass is 10.1. The Morgan fingerprint density at radius 2 is 2.05 bits per heavy atom.